The van der Waals surface area contributed by atoms with Crippen molar-refractivity contribution in [1.82, 2.24) is 4.90 Å². The number of thiocarbonyl (C=S) groups is 1. The van der Waals surface area contributed by atoms with Gasteiger partial charge < -0.3 is 13.8 Å². The fraction of sp³-hybridized carbons (Fsp3) is 0.429. The molecule has 1 aliphatic heterocycles. The molecular weight excluding hydrogens is 440 g/mol. The number of alkyl halides is 6. The second-order valence-corrected chi connectivity index (χ2v) is 7.44. The molecule has 28 heavy (non-hydrogen) atoms. The lowest BCUT2D eigenvalue weighted by Crippen LogP contribution is -2.55. The summed E-state index contributed by atoms with van der Waals surface area (Å²) >= 11 is 5.04. The third kappa shape index (κ3) is 4.32. The fourth-order valence-corrected chi connectivity index (χ4v) is 3.12. The summed E-state index contributed by atoms with van der Waals surface area (Å²) in [5, 5.41) is 0. The molecule has 1 aromatic rings. The predicted molar refractivity (Wildman–Crippen MR) is 85.9 cm³/mol. The number of likely N-dealkylation sites (tertiary alicyclic amines) is 1. The number of benzene rings is 1. The van der Waals surface area contributed by atoms with E-state index < -0.39 is 45.1 Å². The molecule has 1 saturated heterocycles. The van der Waals surface area contributed by atoms with Crippen molar-refractivity contribution in [2.45, 2.75) is 24.1 Å². The van der Waals surface area contributed by atoms with Crippen LogP contribution in [0.5, 0.6) is 5.75 Å². The van der Waals surface area contributed by atoms with E-state index in [1.807, 2.05) is 0 Å². The molecule has 14 heteroatoms. The molecule has 1 aliphatic rings. The van der Waals surface area contributed by atoms with Crippen LogP contribution in [-0.2, 0) is 25.8 Å². The van der Waals surface area contributed by atoms with Gasteiger partial charge in [-0.2, -0.15) is 34.8 Å². The highest BCUT2D eigenvalue weighted by molar-refractivity contribution is 7.88. The minimum absolute atomic E-state index is 0.183. The number of carbonyl (C=O) groups excluding carboxylic acids is 1. The van der Waals surface area contributed by atoms with Gasteiger partial charge in [-0.05, 0) is 24.6 Å². The van der Waals surface area contributed by atoms with E-state index in [1.54, 1.807) is 0 Å². The molecule has 6 nitrogen and oxygen atoms in total. The standard InChI is InChI=1S/C14H11F6NO5S2/c1-25-12(22)9-4-5-21(9)11(27)7-2-3-10(8(6-7)13(15,16)17)26-28(23,24)14(18,19)20/h2-3,6,9H,4-5H2,1H3/t9-/m1/s1. The molecule has 0 radical (unpaired) electrons. The number of halogens is 6. The number of nitrogens with zero attached hydrogens (tertiary/aromatic N) is 1. The summed E-state index contributed by atoms with van der Waals surface area (Å²) in [5.74, 6) is -2.20. The van der Waals surface area contributed by atoms with Gasteiger partial charge in [0, 0.05) is 12.1 Å². The maximum absolute atomic E-state index is 13.2. The van der Waals surface area contributed by atoms with Gasteiger partial charge in [-0.1, -0.05) is 12.2 Å². The summed E-state index contributed by atoms with van der Waals surface area (Å²) in [6.07, 6.45) is -4.89. The van der Waals surface area contributed by atoms with Gasteiger partial charge in [0.2, 0.25) is 0 Å². The van der Waals surface area contributed by atoms with Crippen LogP contribution < -0.4 is 4.18 Å². The number of carbonyl (C=O) groups is 1. The van der Waals surface area contributed by atoms with Crippen LogP contribution in [0.3, 0.4) is 0 Å². The molecule has 1 aromatic carbocycles. The molecule has 0 aromatic heterocycles. The van der Waals surface area contributed by atoms with Crippen molar-refractivity contribution in [2.75, 3.05) is 13.7 Å². The number of hydrogen-bond donors (Lipinski definition) is 0. The van der Waals surface area contributed by atoms with Gasteiger partial charge in [0.15, 0.2) is 5.75 Å². The van der Waals surface area contributed by atoms with Crippen LogP contribution in [0.1, 0.15) is 17.5 Å². The third-order valence-corrected chi connectivity index (χ3v) is 5.20. The number of methoxy groups -OCH3 is 1. The first-order valence-electron chi connectivity index (χ1n) is 7.30. The Labute approximate surface area is 160 Å². The zero-order valence-electron chi connectivity index (χ0n) is 13.8. The van der Waals surface area contributed by atoms with Gasteiger partial charge in [0.05, 0.1) is 12.7 Å². The molecule has 0 spiro atoms. The first-order chi connectivity index (χ1) is 12.7. The summed E-state index contributed by atoms with van der Waals surface area (Å²) in [7, 11) is -5.18. The van der Waals surface area contributed by atoms with E-state index in [2.05, 4.69) is 8.92 Å². The van der Waals surface area contributed by atoms with Crippen molar-refractivity contribution < 1.29 is 48.5 Å². The lowest BCUT2D eigenvalue weighted by atomic mass is 10.0. The SMILES string of the molecule is COC(=O)[C@H]1CCN1C(=S)c1ccc(OS(=O)(=O)C(F)(F)F)c(C(F)(F)F)c1. The predicted octanol–water partition coefficient (Wildman–Crippen LogP) is 2.86. The van der Waals surface area contributed by atoms with E-state index in [4.69, 9.17) is 12.2 Å². The lowest BCUT2D eigenvalue weighted by Gasteiger charge is -2.40. The molecule has 0 N–H and O–H groups in total. The van der Waals surface area contributed by atoms with Crippen LogP contribution in [0.4, 0.5) is 26.3 Å². The van der Waals surface area contributed by atoms with Crippen LogP contribution >= 0.6 is 12.2 Å². The first kappa shape index (κ1) is 22.2. The molecule has 0 amide bonds. The van der Waals surface area contributed by atoms with Crippen LogP contribution in [0.25, 0.3) is 0 Å². The van der Waals surface area contributed by atoms with E-state index >= 15 is 0 Å². The molecule has 0 unspecified atom stereocenters. The Morgan fingerprint density at radius 3 is 2.25 bits per heavy atom. The number of esters is 1. The van der Waals surface area contributed by atoms with Crippen molar-refractivity contribution >= 4 is 33.3 Å². The normalized spacial score (nSPS) is 17.7. The van der Waals surface area contributed by atoms with Crippen LogP contribution in [0, 0.1) is 0 Å². The van der Waals surface area contributed by atoms with Crippen molar-refractivity contribution in [3.8, 4) is 5.75 Å². The molecule has 1 atom stereocenters. The van der Waals surface area contributed by atoms with Gasteiger partial charge in [-0.15, -0.1) is 0 Å². The Morgan fingerprint density at radius 2 is 1.82 bits per heavy atom. The van der Waals surface area contributed by atoms with Crippen LogP contribution in [-0.4, -0.2) is 49.5 Å². The summed E-state index contributed by atoms with van der Waals surface area (Å²) in [5.41, 5.74) is -7.93. The van der Waals surface area contributed by atoms with E-state index in [-0.39, 0.29) is 17.1 Å². The summed E-state index contributed by atoms with van der Waals surface area (Å²) in [6.45, 7) is 0.251. The van der Waals surface area contributed by atoms with Crippen molar-refractivity contribution in [2.24, 2.45) is 0 Å². The van der Waals surface area contributed by atoms with Crippen molar-refractivity contribution in [3.63, 3.8) is 0 Å². The van der Waals surface area contributed by atoms with Crippen LogP contribution in [0.2, 0.25) is 0 Å². The maximum atomic E-state index is 13.2. The van der Waals surface area contributed by atoms with Gasteiger partial charge in [0.1, 0.15) is 11.0 Å². The summed E-state index contributed by atoms with van der Waals surface area (Å²) in [4.78, 5) is 12.7. The van der Waals surface area contributed by atoms with Gasteiger partial charge >= 0.3 is 27.8 Å². The largest absolute Gasteiger partial charge is 0.534 e. The Balaban J connectivity index is 2.40. The minimum Gasteiger partial charge on any atom is -0.467 e. The molecule has 2 rings (SSSR count). The zero-order chi connectivity index (χ0) is 21.5. The van der Waals surface area contributed by atoms with E-state index in [0.717, 1.165) is 13.2 Å². The molecule has 0 aliphatic carbocycles. The second-order valence-electron chi connectivity index (χ2n) is 5.52. The third-order valence-electron chi connectivity index (χ3n) is 3.77. The van der Waals surface area contributed by atoms with Crippen LogP contribution in [0.15, 0.2) is 18.2 Å². The van der Waals surface area contributed by atoms with E-state index in [9.17, 15) is 39.6 Å². The summed E-state index contributed by atoms with van der Waals surface area (Å²) < 4.78 is 107. The summed E-state index contributed by atoms with van der Waals surface area (Å²) in [6, 6.07) is 0.843. The quantitative estimate of drug-likeness (QED) is 0.229. The van der Waals surface area contributed by atoms with Gasteiger partial charge in [0.25, 0.3) is 0 Å². The average molecular weight is 451 g/mol. The van der Waals surface area contributed by atoms with E-state index in [1.165, 1.54) is 4.90 Å². The lowest BCUT2D eigenvalue weighted by molar-refractivity contribution is -0.148. The Morgan fingerprint density at radius 1 is 1.21 bits per heavy atom. The van der Waals surface area contributed by atoms with Gasteiger partial charge in [-0.25, -0.2) is 4.79 Å². The fourth-order valence-electron chi connectivity index (χ4n) is 2.30. The molecular formula is C14H11F6NO5S2. The smallest absolute Gasteiger partial charge is 0.467 e. The Bertz CT molecular complexity index is 896. The average Bonchev–Trinajstić information content (AvgIpc) is 2.51. The molecule has 0 bridgehead atoms. The topological polar surface area (TPSA) is 72.9 Å². The Hall–Kier alpha value is -2.09. The Kier molecular flexibility index (Phi) is 5.86. The monoisotopic (exact) mass is 451 g/mol. The second kappa shape index (κ2) is 7.39. The van der Waals surface area contributed by atoms with E-state index in [0.29, 0.717) is 18.6 Å². The van der Waals surface area contributed by atoms with Crippen molar-refractivity contribution in [3.05, 3.63) is 29.3 Å². The number of hydrogen-bond acceptors (Lipinski definition) is 6. The van der Waals surface area contributed by atoms with Crippen molar-refractivity contribution in [1.29, 1.82) is 0 Å². The zero-order valence-corrected chi connectivity index (χ0v) is 15.4. The highest BCUT2D eigenvalue weighted by Gasteiger charge is 2.50. The molecule has 1 fully saturated rings. The molecule has 0 saturated carbocycles. The number of ether oxygens (including phenoxy) is 1. The van der Waals surface area contributed by atoms with Gasteiger partial charge in [-0.3, -0.25) is 0 Å². The molecule has 156 valence electrons. The first-order valence-corrected chi connectivity index (χ1v) is 9.11. The minimum atomic E-state index is -6.30. The number of rotatable bonds is 4. The maximum Gasteiger partial charge on any atom is 0.534 e. The highest BCUT2D eigenvalue weighted by atomic mass is 32.2. The molecule has 1 heterocycles. The highest BCUT2D eigenvalue weighted by Crippen LogP contribution is 2.39.